The second-order valence-corrected chi connectivity index (χ2v) is 6.68. The maximum absolute atomic E-state index is 4.44. The molecule has 0 atom stereocenters. The topological polar surface area (TPSA) is 52.6 Å². The van der Waals surface area contributed by atoms with Gasteiger partial charge >= 0.3 is 0 Å². The van der Waals surface area contributed by atoms with E-state index in [9.17, 15) is 0 Å². The molecule has 2 N–H and O–H groups in total. The van der Waals surface area contributed by atoms with Crippen molar-refractivity contribution in [2.45, 2.75) is 46.5 Å². The monoisotopic (exact) mass is 339 g/mol. The summed E-state index contributed by atoms with van der Waals surface area (Å²) in [5.41, 5.74) is 0. The number of unbranched alkanes of at least 4 members (excludes halogenated alkanes) is 1. The lowest BCUT2D eigenvalue weighted by atomic mass is 10.3. The van der Waals surface area contributed by atoms with Crippen LogP contribution in [0.1, 0.15) is 43.5 Å². The molecule has 0 aliphatic carbocycles. The Morgan fingerprint density at radius 1 is 1.17 bits per heavy atom. The average Bonchev–Trinajstić information content (AvgIpc) is 3.04. The number of nitrogens with one attached hydrogen (secondary N) is 2. The van der Waals surface area contributed by atoms with E-state index in [0.717, 1.165) is 45.0 Å². The standard InChI is InChI=1S/C17H33N5S/c1-5-15-14-21-16(23-15)10-12-20-17(18-4)19-11-8-9-13-22(6-2)7-3/h14H,5-13H2,1-4H3,(H2,18,19,20). The predicted octanol–water partition coefficient (Wildman–Crippen LogP) is 2.54. The Morgan fingerprint density at radius 2 is 1.91 bits per heavy atom. The molecule has 0 saturated carbocycles. The van der Waals surface area contributed by atoms with Crippen LogP contribution in [0.4, 0.5) is 0 Å². The lowest BCUT2D eigenvalue weighted by Gasteiger charge is -2.18. The van der Waals surface area contributed by atoms with Crippen LogP contribution in [0, 0.1) is 0 Å². The molecular weight excluding hydrogens is 306 g/mol. The number of aryl methyl sites for hydroxylation is 1. The summed E-state index contributed by atoms with van der Waals surface area (Å²) in [7, 11) is 1.82. The van der Waals surface area contributed by atoms with Crippen molar-refractivity contribution >= 4 is 17.3 Å². The van der Waals surface area contributed by atoms with Crippen LogP contribution in [0.2, 0.25) is 0 Å². The number of hydrogen-bond acceptors (Lipinski definition) is 4. The van der Waals surface area contributed by atoms with E-state index in [1.54, 1.807) is 0 Å². The van der Waals surface area contributed by atoms with Crippen molar-refractivity contribution in [3.63, 3.8) is 0 Å². The highest BCUT2D eigenvalue weighted by atomic mass is 32.1. The molecule has 0 aliphatic rings. The van der Waals surface area contributed by atoms with Gasteiger partial charge in [0.05, 0.1) is 5.01 Å². The minimum atomic E-state index is 0.871. The molecular formula is C17H33N5S. The molecule has 0 saturated heterocycles. The minimum Gasteiger partial charge on any atom is -0.356 e. The number of hydrogen-bond donors (Lipinski definition) is 2. The summed E-state index contributed by atoms with van der Waals surface area (Å²) >= 11 is 1.81. The second kappa shape index (κ2) is 12.3. The van der Waals surface area contributed by atoms with Gasteiger partial charge in [0.1, 0.15) is 0 Å². The fraction of sp³-hybridized carbons (Fsp3) is 0.765. The van der Waals surface area contributed by atoms with Gasteiger partial charge in [-0.1, -0.05) is 20.8 Å². The van der Waals surface area contributed by atoms with Crippen LogP contribution in [0.15, 0.2) is 11.2 Å². The van der Waals surface area contributed by atoms with E-state index in [1.165, 1.54) is 29.3 Å². The van der Waals surface area contributed by atoms with Gasteiger partial charge in [-0.2, -0.15) is 0 Å². The first kappa shape index (κ1) is 19.9. The van der Waals surface area contributed by atoms with Crippen molar-refractivity contribution in [1.29, 1.82) is 0 Å². The highest BCUT2D eigenvalue weighted by Gasteiger charge is 2.02. The lowest BCUT2D eigenvalue weighted by Crippen LogP contribution is -2.38. The van der Waals surface area contributed by atoms with Crippen molar-refractivity contribution < 1.29 is 0 Å². The third kappa shape index (κ3) is 8.32. The third-order valence-electron chi connectivity index (χ3n) is 3.89. The fourth-order valence-corrected chi connectivity index (χ4v) is 3.20. The number of rotatable bonds is 11. The van der Waals surface area contributed by atoms with E-state index in [-0.39, 0.29) is 0 Å². The van der Waals surface area contributed by atoms with Crippen LogP contribution in [0.5, 0.6) is 0 Å². The lowest BCUT2D eigenvalue weighted by molar-refractivity contribution is 0.297. The molecule has 0 aliphatic heterocycles. The Balaban J connectivity index is 2.12. The number of thiazole rings is 1. The maximum Gasteiger partial charge on any atom is 0.190 e. The van der Waals surface area contributed by atoms with E-state index >= 15 is 0 Å². The maximum atomic E-state index is 4.44. The molecule has 1 rings (SSSR count). The molecule has 0 radical (unpaired) electrons. The van der Waals surface area contributed by atoms with Crippen LogP contribution in [0.3, 0.4) is 0 Å². The Hall–Kier alpha value is -1.14. The molecule has 0 unspecified atom stereocenters. The van der Waals surface area contributed by atoms with Crippen molar-refractivity contribution in [3.05, 3.63) is 16.1 Å². The molecule has 1 heterocycles. The highest BCUT2D eigenvalue weighted by Crippen LogP contribution is 2.13. The zero-order valence-electron chi connectivity index (χ0n) is 15.2. The van der Waals surface area contributed by atoms with Crippen molar-refractivity contribution in [2.24, 2.45) is 4.99 Å². The minimum absolute atomic E-state index is 0.871. The zero-order chi connectivity index (χ0) is 16.9. The van der Waals surface area contributed by atoms with Gasteiger partial charge in [-0.25, -0.2) is 4.98 Å². The van der Waals surface area contributed by atoms with E-state index in [4.69, 9.17) is 0 Å². The summed E-state index contributed by atoms with van der Waals surface area (Å²) in [6, 6.07) is 0. The third-order valence-corrected chi connectivity index (χ3v) is 5.09. The Bertz CT molecular complexity index is 440. The summed E-state index contributed by atoms with van der Waals surface area (Å²) in [5, 5.41) is 7.95. The van der Waals surface area contributed by atoms with Crippen molar-refractivity contribution in [1.82, 2.24) is 20.5 Å². The van der Waals surface area contributed by atoms with Crippen molar-refractivity contribution in [3.8, 4) is 0 Å². The normalized spacial score (nSPS) is 12.0. The van der Waals surface area contributed by atoms with E-state index < -0.39 is 0 Å². The summed E-state index contributed by atoms with van der Waals surface area (Å²) in [6.45, 7) is 11.9. The van der Waals surface area contributed by atoms with Crippen LogP contribution < -0.4 is 10.6 Å². The second-order valence-electron chi connectivity index (χ2n) is 5.48. The molecule has 0 bridgehead atoms. The van der Waals surface area contributed by atoms with Gasteiger partial charge in [0.15, 0.2) is 5.96 Å². The fourth-order valence-electron chi connectivity index (χ4n) is 2.34. The Labute approximate surface area is 145 Å². The quantitative estimate of drug-likeness (QED) is 0.369. The summed E-state index contributed by atoms with van der Waals surface area (Å²) in [5.74, 6) is 0.889. The van der Waals surface area contributed by atoms with Crippen LogP contribution >= 0.6 is 11.3 Å². The average molecular weight is 340 g/mol. The van der Waals surface area contributed by atoms with Crippen LogP contribution in [-0.4, -0.2) is 55.6 Å². The number of aromatic nitrogens is 1. The van der Waals surface area contributed by atoms with Gasteiger partial charge in [-0.15, -0.1) is 11.3 Å². The molecule has 6 heteroatoms. The molecule has 132 valence electrons. The largest absolute Gasteiger partial charge is 0.356 e. The Kier molecular flexibility index (Phi) is 10.6. The first-order valence-electron chi connectivity index (χ1n) is 8.83. The molecule has 5 nitrogen and oxygen atoms in total. The first-order valence-corrected chi connectivity index (χ1v) is 9.65. The van der Waals surface area contributed by atoms with E-state index in [1.807, 2.05) is 24.6 Å². The summed E-state index contributed by atoms with van der Waals surface area (Å²) < 4.78 is 0. The van der Waals surface area contributed by atoms with Gasteiger partial charge in [0, 0.05) is 37.6 Å². The summed E-state index contributed by atoms with van der Waals surface area (Å²) in [4.78, 5) is 12.5. The molecule has 0 spiro atoms. The predicted molar refractivity (Wildman–Crippen MR) is 102 cm³/mol. The first-order chi connectivity index (χ1) is 11.2. The van der Waals surface area contributed by atoms with Gasteiger partial charge in [-0.05, 0) is 38.9 Å². The molecule has 0 amide bonds. The molecule has 0 fully saturated rings. The Morgan fingerprint density at radius 3 is 2.52 bits per heavy atom. The molecule has 1 aromatic rings. The number of aliphatic imine (C=N–C) groups is 1. The van der Waals surface area contributed by atoms with Crippen molar-refractivity contribution in [2.75, 3.05) is 39.8 Å². The van der Waals surface area contributed by atoms with Gasteiger partial charge in [0.25, 0.3) is 0 Å². The molecule has 23 heavy (non-hydrogen) atoms. The van der Waals surface area contributed by atoms with Gasteiger partial charge in [0.2, 0.25) is 0 Å². The van der Waals surface area contributed by atoms with Crippen LogP contribution in [0.25, 0.3) is 0 Å². The zero-order valence-corrected chi connectivity index (χ0v) is 16.0. The van der Waals surface area contributed by atoms with E-state index in [2.05, 4.69) is 46.3 Å². The molecule has 1 aromatic heterocycles. The SMILES string of the molecule is CCc1cnc(CCNC(=NC)NCCCCN(CC)CC)s1. The highest BCUT2D eigenvalue weighted by molar-refractivity contribution is 7.11. The van der Waals surface area contributed by atoms with Crippen LogP contribution in [-0.2, 0) is 12.8 Å². The number of nitrogens with zero attached hydrogens (tertiary/aromatic N) is 3. The smallest absolute Gasteiger partial charge is 0.190 e. The number of guanidine groups is 1. The van der Waals surface area contributed by atoms with E-state index in [0.29, 0.717) is 0 Å². The van der Waals surface area contributed by atoms with Gasteiger partial charge < -0.3 is 15.5 Å². The molecule has 0 aromatic carbocycles. The van der Waals surface area contributed by atoms with Gasteiger partial charge in [-0.3, -0.25) is 4.99 Å². The summed E-state index contributed by atoms with van der Waals surface area (Å²) in [6.07, 6.45) is 6.41.